The number of thiocarbonyl (C=S) groups is 1. The molecule has 1 aromatic heterocycles. The molecular formula is C18H19N5O4S. The summed E-state index contributed by atoms with van der Waals surface area (Å²) in [5.41, 5.74) is 0.512. The number of amides is 1. The minimum absolute atomic E-state index is 0.0817. The number of hydrogen-bond donors (Lipinski definition) is 3. The lowest BCUT2D eigenvalue weighted by Gasteiger charge is -2.28. The Hall–Kier alpha value is -3.27. The highest BCUT2D eigenvalue weighted by Crippen LogP contribution is 2.31. The number of anilines is 2. The maximum Gasteiger partial charge on any atom is 0.293 e. The fraction of sp³-hybridized carbons (Fsp3) is 0.278. The number of nitrogens with one attached hydrogen (secondary N) is 2. The maximum atomic E-state index is 12.4. The van der Waals surface area contributed by atoms with E-state index >= 15 is 0 Å². The van der Waals surface area contributed by atoms with Crippen LogP contribution in [0.3, 0.4) is 0 Å². The predicted molar refractivity (Wildman–Crippen MR) is 109 cm³/mol. The number of nitro groups is 1. The Morgan fingerprint density at radius 1 is 1.25 bits per heavy atom. The summed E-state index contributed by atoms with van der Waals surface area (Å²) in [5, 5.41) is 26.2. The van der Waals surface area contributed by atoms with Crippen LogP contribution in [-0.4, -0.2) is 39.1 Å². The molecule has 1 aliphatic rings. The number of aromatic nitrogens is 1. The lowest BCUT2D eigenvalue weighted by molar-refractivity contribution is -0.384. The number of aromatic hydroxyl groups is 1. The van der Waals surface area contributed by atoms with Crippen LogP contribution < -0.4 is 15.5 Å². The molecule has 0 atom stereocenters. The summed E-state index contributed by atoms with van der Waals surface area (Å²) in [6, 6.07) is 7.35. The van der Waals surface area contributed by atoms with Gasteiger partial charge in [0.25, 0.3) is 11.6 Å². The monoisotopic (exact) mass is 401 g/mol. The summed E-state index contributed by atoms with van der Waals surface area (Å²) in [4.78, 5) is 29.3. The molecule has 2 heterocycles. The highest BCUT2D eigenvalue weighted by Gasteiger charge is 2.23. The van der Waals surface area contributed by atoms with Gasteiger partial charge in [0.05, 0.1) is 4.92 Å². The van der Waals surface area contributed by atoms with Gasteiger partial charge in [-0.05, 0) is 55.7 Å². The third kappa shape index (κ3) is 4.52. The van der Waals surface area contributed by atoms with Crippen LogP contribution in [0, 0.1) is 10.1 Å². The van der Waals surface area contributed by atoms with Crippen LogP contribution >= 0.6 is 12.2 Å². The molecule has 1 aliphatic heterocycles. The van der Waals surface area contributed by atoms with Gasteiger partial charge in [-0.15, -0.1) is 0 Å². The number of piperidine rings is 1. The average Bonchev–Trinajstić information content (AvgIpc) is 2.70. The summed E-state index contributed by atoms with van der Waals surface area (Å²) >= 11 is 5.05. The van der Waals surface area contributed by atoms with E-state index in [1.165, 1.54) is 24.4 Å². The quantitative estimate of drug-likeness (QED) is 0.406. The zero-order valence-corrected chi connectivity index (χ0v) is 15.7. The van der Waals surface area contributed by atoms with Crippen LogP contribution in [0.2, 0.25) is 0 Å². The van der Waals surface area contributed by atoms with Crippen LogP contribution in [0.15, 0.2) is 36.5 Å². The Kier molecular flexibility index (Phi) is 5.99. The second kappa shape index (κ2) is 8.61. The Morgan fingerprint density at radius 3 is 2.68 bits per heavy atom. The molecule has 0 bridgehead atoms. The molecule has 1 fully saturated rings. The van der Waals surface area contributed by atoms with Crippen molar-refractivity contribution < 1.29 is 14.8 Å². The molecular weight excluding hydrogens is 382 g/mol. The molecule has 3 N–H and O–H groups in total. The molecule has 3 rings (SSSR count). The predicted octanol–water partition coefficient (Wildman–Crippen LogP) is 2.81. The minimum Gasteiger partial charge on any atom is -0.504 e. The van der Waals surface area contributed by atoms with Crippen LogP contribution in [0.4, 0.5) is 17.2 Å². The Labute approximate surface area is 166 Å². The fourth-order valence-corrected chi connectivity index (χ4v) is 3.21. The van der Waals surface area contributed by atoms with E-state index in [1.807, 2.05) is 4.90 Å². The highest BCUT2D eigenvalue weighted by atomic mass is 32.1. The molecule has 146 valence electrons. The molecule has 1 saturated heterocycles. The van der Waals surface area contributed by atoms with Gasteiger partial charge >= 0.3 is 0 Å². The van der Waals surface area contributed by atoms with Gasteiger partial charge in [-0.1, -0.05) is 0 Å². The summed E-state index contributed by atoms with van der Waals surface area (Å²) < 4.78 is 0. The van der Waals surface area contributed by atoms with E-state index in [-0.39, 0.29) is 27.9 Å². The summed E-state index contributed by atoms with van der Waals surface area (Å²) in [5.74, 6) is -0.624. The zero-order chi connectivity index (χ0) is 20.1. The third-order valence-corrected chi connectivity index (χ3v) is 4.58. The maximum absolute atomic E-state index is 12.4. The SMILES string of the molecule is O=C(NC(=S)Nc1ncccc1O)c1ccc(N2CCCCC2)c([N+](=O)[O-])c1. The molecule has 0 saturated carbocycles. The van der Waals surface area contributed by atoms with Crippen molar-refractivity contribution in [3.8, 4) is 5.75 Å². The Morgan fingerprint density at radius 2 is 2.00 bits per heavy atom. The number of pyridine rings is 1. The van der Waals surface area contributed by atoms with Gasteiger partial charge in [0, 0.05) is 30.9 Å². The Bertz CT molecular complexity index is 915. The first kappa shape index (κ1) is 19.5. The molecule has 1 amide bonds. The van der Waals surface area contributed by atoms with Crippen LogP contribution in [0.5, 0.6) is 5.75 Å². The van der Waals surface area contributed by atoms with Gasteiger partial charge in [0.15, 0.2) is 16.7 Å². The molecule has 2 aromatic rings. The average molecular weight is 401 g/mol. The molecule has 1 aromatic carbocycles. The van der Waals surface area contributed by atoms with Gasteiger partial charge in [-0.2, -0.15) is 0 Å². The van der Waals surface area contributed by atoms with E-state index in [0.717, 1.165) is 32.4 Å². The summed E-state index contributed by atoms with van der Waals surface area (Å²) in [6.45, 7) is 1.52. The van der Waals surface area contributed by atoms with Gasteiger partial charge < -0.3 is 15.3 Å². The summed E-state index contributed by atoms with van der Waals surface area (Å²) in [7, 11) is 0. The third-order valence-electron chi connectivity index (χ3n) is 4.38. The van der Waals surface area contributed by atoms with E-state index < -0.39 is 10.8 Å². The standard InChI is InChI=1S/C18H19N5O4S/c24-15-5-4-8-19-16(15)20-18(28)21-17(25)12-6-7-13(14(11-12)23(26)27)22-9-2-1-3-10-22/h4-8,11,24H,1-3,9-10H2,(H2,19,20,21,25,28). The minimum atomic E-state index is -0.596. The molecule has 10 heteroatoms. The number of hydrogen-bond acceptors (Lipinski definition) is 7. The summed E-state index contributed by atoms with van der Waals surface area (Å²) in [6.07, 6.45) is 4.54. The van der Waals surface area contributed by atoms with E-state index in [4.69, 9.17) is 12.2 Å². The molecule has 9 nitrogen and oxygen atoms in total. The second-order valence-electron chi connectivity index (χ2n) is 6.29. The van der Waals surface area contributed by atoms with Crippen molar-refractivity contribution in [3.05, 3.63) is 52.2 Å². The Balaban J connectivity index is 1.74. The normalized spacial score (nSPS) is 13.6. The van der Waals surface area contributed by atoms with Crippen molar-refractivity contribution in [2.75, 3.05) is 23.3 Å². The number of carbonyl (C=O) groups excluding carboxylic acids is 1. The first-order valence-corrected chi connectivity index (χ1v) is 9.16. The lowest BCUT2D eigenvalue weighted by atomic mass is 10.1. The zero-order valence-electron chi connectivity index (χ0n) is 14.9. The van der Waals surface area contributed by atoms with Gasteiger partial charge in [-0.3, -0.25) is 20.2 Å². The van der Waals surface area contributed by atoms with Crippen molar-refractivity contribution in [2.45, 2.75) is 19.3 Å². The van der Waals surface area contributed by atoms with E-state index in [9.17, 15) is 20.0 Å². The number of carbonyl (C=O) groups is 1. The van der Waals surface area contributed by atoms with Crippen molar-refractivity contribution >= 4 is 40.4 Å². The van der Waals surface area contributed by atoms with E-state index in [1.54, 1.807) is 12.1 Å². The van der Waals surface area contributed by atoms with Crippen molar-refractivity contribution in [3.63, 3.8) is 0 Å². The molecule has 28 heavy (non-hydrogen) atoms. The largest absolute Gasteiger partial charge is 0.504 e. The van der Waals surface area contributed by atoms with Crippen LogP contribution in [-0.2, 0) is 0 Å². The van der Waals surface area contributed by atoms with Crippen LogP contribution in [0.25, 0.3) is 0 Å². The number of nitro benzene ring substituents is 1. The van der Waals surface area contributed by atoms with E-state index in [2.05, 4.69) is 15.6 Å². The molecule has 0 spiro atoms. The topological polar surface area (TPSA) is 121 Å². The van der Waals surface area contributed by atoms with Gasteiger partial charge in [0.1, 0.15) is 5.69 Å². The lowest BCUT2D eigenvalue weighted by Crippen LogP contribution is -2.34. The van der Waals surface area contributed by atoms with Gasteiger partial charge in [-0.25, -0.2) is 4.98 Å². The first-order valence-electron chi connectivity index (χ1n) is 8.75. The highest BCUT2D eigenvalue weighted by molar-refractivity contribution is 7.80. The fourth-order valence-electron chi connectivity index (χ4n) is 3.02. The van der Waals surface area contributed by atoms with Crippen molar-refractivity contribution in [1.82, 2.24) is 10.3 Å². The second-order valence-corrected chi connectivity index (χ2v) is 6.70. The first-order chi connectivity index (χ1) is 13.5. The molecule has 0 radical (unpaired) electrons. The molecule has 0 unspecified atom stereocenters. The number of benzene rings is 1. The number of nitrogens with zero attached hydrogens (tertiary/aromatic N) is 3. The number of rotatable bonds is 4. The van der Waals surface area contributed by atoms with E-state index in [0.29, 0.717) is 5.69 Å². The molecule has 0 aliphatic carbocycles. The van der Waals surface area contributed by atoms with Crippen LogP contribution in [0.1, 0.15) is 29.6 Å². The van der Waals surface area contributed by atoms with Crippen molar-refractivity contribution in [1.29, 1.82) is 0 Å². The van der Waals surface area contributed by atoms with Crippen molar-refractivity contribution in [2.24, 2.45) is 0 Å². The smallest absolute Gasteiger partial charge is 0.293 e. The van der Waals surface area contributed by atoms with Gasteiger partial charge in [0.2, 0.25) is 0 Å².